The number of ether oxygens (including phenoxy) is 1. The Balaban J connectivity index is 1.81. The van der Waals surface area contributed by atoms with Crippen molar-refractivity contribution in [3.63, 3.8) is 0 Å². The minimum Gasteiger partial charge on any atom is -0.477 e. The number of hydrogen-bond donors (Lipinski definition) is 1. The molecule has 1 aliphatic carbocycles. The SMILES string of the molecule is C[C@H]1C[C@]1(C#N)n1c(C(=O)O)cc2cc(C3CCOC(C)(C)C3)cnc21. The highest BCUT2D eigenvalue weighted by molar-refractivity contribution is 5.94. The van der Waals surface area contributed by atoms with Crippen molar-refractivity contribution >= 4 is 17.0 Å². The van der Waals surface area contributed by atoms with Crippen LogP contribution in [0, 0.1) is 17.2 Å². The summed E-state index contributed by atoms with van der Waals surface area (Å²) in [7, 11) is 0. The summed E-state index contributed by atoms with van der Waals surface area (Å²) in [6, 6.07) is 6.02. The molecule has 1 aliphatic heterocycles. The van der Waals surface area contributed by atoms with Gasteiger partial charge in [-0.3, -0.25) is 4.57 Å². The van der Waals surface area contributed by atoms with Crippen LogP contribution in [0.5, 0.6) is 0 Å². The average Bonchev–Trinajstić information content (AvgIpc) is 3.09. The topological polar surface area (TPSA) is 88.1 Å². The van der Waals surface area contributed by atoms with Crippen molar-refractivity contribution in [2.24, 2.45) is 5.92 Å². The minimum atomic E-state index is -1.02. The third kappa shape index (κ3) is 2.50. The molecular formula is C20H23N3O3. The van der Waals surface area contributed by atoms with Crippen molar-refractivity contribution in [1.29, 1.82) is 5.26 Å². The second kappa shape index (κ2) is 5.55. The first-order valence-corrected chi connectivity index (χ1v) is 9.08. The van der Waals surface area contributed by atoms with Crippen molar-refractivity contribution < 1.29 is 14.6 Å². The molecule has 2 fully saturated rings. The molecule has 136 valence electrons. The zero-order valence-electron chi connectivity index (χ0n) is 15.3. The van der Waals surface area contributed by atoms with E-state index in [1.165, 1.54) is 0 Å². The first-order chi connectivity index (χ1) is 12.3. The van der Waals surface area contributed by atoms with E-state index in [0.29, 0.717) is 24.6 Å². The molecule has 2 aromatic heterocycles. The highest BCUT2D eigenvalue weighted by Gasteiger charge is 2.55. The van der Waals surface area contributed by atoms with Gasteiger partial charge in [-0.2, -0.15) is 5.26 Å². The van der Waals surface area contributed by atoms with Crippen LogP contribution in [0.15, 0.2) is 18.3 Å². The van der Waals surface area contributed by atoms with Crippen molar-refractivity contribution in [2.45, 2.75) is 57.1 Å². The number of pyridine rings is 1. The number of fused-ring (bicyclic) bond motifs is 1. The van der Waals surface area contributed by atoms with Crippen LogP contribution in [0.4, 0.5) is 0 Å². The van der Waals surface area contributed by atoms with Gasteiger partial charge in [0, 0.05) is 18.2 Å². The summed E-state index contributed by atoms with van der Waals surface area (Å²) in [5.74, 6) is -0.554. The van der Waals surface area contributed by atoms with E-state index < -0.39 is 11.5 Å². The minimum absolute atomic E-state index is 0.124. The van der Waals surface area contributed by atoms with Crippen LogP contribution in [-0.4, -0.2) is 32.8 Å². The molecular weight excluding hydrogens is 330 g/mol. The third-order valence-corrected chi connectivity index (χ3v) is 5.91. The zero-order valence-corrected chi connectivity index (χ0v) is 15.3. The molecule has 0 aromatic carbocycles. The molecule has 1 unspecified atom stereocenters. The van der Waals surface area contributed by atoms with Gasteiger partial charge in [0.2, 0.25) is 0 Å². The Labute approximate surface area is 152 Å². The molecule has 1 N–H and O–H groups in total. The Morgan fingerprint density at radius 2 is 2.15 bits per heavy atom. The lowest BCUT2D eigenvalue weighted by Gasteiger charge is -2.35. The Morgan fingerprint density at radius 1 is 1.42 bits per heavy atom. The molecule has 2 aromatic rings. The number of rotatable bonds is 3. The fourth-order valence-corrected chi connectivity index (χ4v) is 4.34. The maximum atomic E-state index is 11.8. The van der Waals surface area contributed by atoms with Gasteiger partial charge in [-0.05, 0) is 62.6 Å². The summed E-state index contributed by atoms with van der Waals surface area (Å²) in [6.07, 6.45) is 4.34. The molecule has 6 heteroatoms. The predicted molar refractivity (Wildman–Crippen MR) is 96.1 cm³/mol. The van der Waals surface area contributed by atoms with Gasteiger partial charge < -0.3 is 9.84 Å². The zero-order chi connectivity index (χ0) is 18.7. The first-order valence-electron chi connectivity index (χ1n) is 9.08. The van der Waals surface area contributed by atoms with E-state index in [1.54, 1.807) is 10.6 Å². The van der Waals surface area contributed by atoms with Gasteiger partial charge in [-0.25, -0.2) is 9.78 Å². The molecule has 0 bridgehead atoms. The Kier molecular flexibility index (Phi) is 3.64. The number of nitriles is 1. The van der Waals surface area contributed by atoms with E-state index in [-0.39, 0.29) is 17.2 Å². The van der Waals surface area contributed by atoms with Gasteiger partial charge in [0.25, 0.3) is 0 Å². The average molecular weight is 353 g/mol. The lowest BCUT2D eigenvalue weighted by atomic mass is 9.84. The molecule has 1 saturated heterocycles. The van der Waals surface area contributed by atoms with Crippen molar-refractivity contribution in [1.82, 2.24) is 9.55 Å². The van der Waals surface area contributed by atoms with Gasteiger partial charge in [-0.15, -0.1) is 0 Å². The molecule has 4 rings (SSSR count). The highest BCUT2D eigenvalue weighted by Crippen LogP contribution is 2.51. The second-order valence-electron chi connectivity index (χ2n) is 8.29. The van der Waals surface area contributed by atoms with Crippen LogP contribution in [0.1, 0.15) is 62.0 Å². The third-order valence-electron chi connectivity index (χ3n) is 5.91. The van der Waals surface area contributed by atoms with Crippen LogP contribution >= 0.6 is 0 Å². The number of carboxylic acids is 1. The van der Waals surface area contributed by atoms with E-state index in [0.717, 1.165) is 23.8 Å². The molecule has 1 saturated carbocycles. The molecule has 3 atom stereocenters. The van der Waals surface area contributed by atoms with Crippen LogP contribution < -0.4 is 0 Å². The van der Waals surface area contributed by atoms with Crippen LogP contribution in [0.25, 0.3) is 11.0 Å². The molecule has 0 spiro atoms. The van der Waals surface area contributed by atoms with Crippen LogP contribution in [-0.2, 0) is 10.3 Å². The lowest BCUT2D eigenvalue weighted by Crippen LogP contribution is -2.33. The van der Waals surface area contributed by atoms with Gasteiger partial charge in [0.05, 0.1) is 11.7 Å². The normalized spacial score (nSPS) is 30.1. The van der Waals surface area contributed by atoms with E-state index in [4.69, 9.17) is 4.74 Å². The van der Waals surface area contributed by atoms with E-state index >= 15 is 0 Å². The van der Waals surface area contributed by atoms with Gasteiger partial charge in [0.1, 0.15) is 16.9 Å². The summed E-state index contributed by atoms with van der Waals surface area (Å²) in [5.41, 5.74) is 0.888. The summed E-state index contributed by atoms with van der Waals surface area (Å²) in [4.78, 5) is 16.4. The fraction of sp³-hybridized carbons (Fsp3) is 0.550. The van der Waals surface area contributed by atoms with Crippen molar-refractivity contribution in [3.05, 3.63) is 29.6 Å². The largest absolute Gasteiger partial charge is 0.477 e. The summed E-state index contributed by atoms with van der Waals surface area (Å²) in [5, 5.41) is 20.1. The van der Waals surface area contributed by atoms with Gasteiger partial charge >= 0.3 is 5.97 Å². The van der Waals surface area contributed by atoms with E-state index in [1.807, 2.05) is 19.2 Å². The van der Waals surface area contributed by atoms with Crippen molar-refractivity contribution in [3.8, 4) is 6.07 Å². The number of aromatic carboxylic acids is 1. The second-order valence-corrected chi connectivity index (χ2v) is 8.29. The van der Waals surface area contributed by atoms with E-state index in [9.17, 15) is 15.2 Å². The number of carbonyl (C=O) groups is 1. The quantitative estimate of drug-likeness (QED) is 0.909. The van der Waals surface area contributed by atoms with Crippen LogP contribution in [0.2, 0.25) is 0 Å². The number of carboxylic acid groups (broad SMARTS) is 1. The molecule has 3 heterocycles. The molecule has 0 radical (unpaired) electrons. The Morgan fingerprint density at radius 3 is 2.73 bits per heavy atom. The lowest BCUT2D eigenvalue weighted by molar-refractivity contribution is -0.0593. The number of hydrogen-bond acceptors (Lipinski definition) is 4. The molecule has 0 amide bonds. The van der Waals surface area contributed by atoms with Gasteiger partial charge in [-0.1, -0.05) is 6.92 Å². The Hall–Kier alpha value is -2.39. The molecule has 26 heavy (non-hydrogen) atoms. The highest BCUT2D eigenvalue weighted by atomic mass is 16.5. The Bertz CT molecular complexity index is 940. The summed E-state index contributed by atoms with van der Waals surface area (Å²) >= 11 is 0. The smallest absolute Gasteiger partial charge is 0.352 e. The molecule has 6 nitrogen and oxygen atoms in total. The van der Waals surface area contributed by atoms with E-state index in [2.05, 4.69) is 24.9 Å². The summed E-state index contributed by atoms with van der Waals surface area (Å²) in [6.45, 7) is 6.87. The van der Waals surface area contributed by atoms with Crippen molar-refractivity contribution in [2.75, 3.05) is 6.61 Å². The standard InChI is InChI=1S/C20H23N3O3/c1-12-8-20(12,11-21)23-16(18(24)25)7-14-6-15(10-22-17(14)23)13-4-5-26-19(2,3)9-13/h6-7,10,12-13H,4-5,8-9H2,1-3H3,(H,24,25)/t12-,13?,20+/m0/s1. The maximum Gasteiger partial charge on any atom is 0.352 e. The maximum absolute atomic E-state index is 11.8. The molecule has 2 aliphatic rings. The first kappa shape index (κ1) is 17.0. The van der Waals surface area contributed by atoms with Crippen LogP contribution in [0.3, 0.4) is 0 Å². The summed E-state index contributed by atoms with van der Waals surface area (Å²) < 4.78 is 7.43. The van der Waals surface area contributed by atoms with Gasteiger partial charge in [0.15, 0.2) is 0 Å². The number of nitrogens with zero attached hydrogens (tertiary/aromatic N) is 3. The predicted octanol–water partition coefficient (Wildman–Crippen LogP) is 3.67. The number of aromatic nitrogens is 2. The fourth-order valence-electron chi connectivity index (χ4n) is 4.34. The monoisotopic (exact) mass is 353 g/mol.